The van der Waals surface area contributed by atoms with Crippen molar-refractivity contribution in [1.82, 2.24) is 10.2 Å². The van der Waals surface area contributed by atoms with Gasteiger partial charge in [0, 0.05) is 5.56 Å². The topological polar surface area (TPSA) is 83.4 Å². The Morgan fingerprint density at radius 3 is 2.54 bits per heavy atom. The number of halogens is 2. The van der Waals surface area contributed by atoms with Gasteiger partial charge in [0.1, 0.15) is 6.61 Å². The van der Waals surface area contributed by atoms with Crippen LogP contribution in [0.25, 0.3) is 11.5 Å². The lowest BCUT2D eigenvalue weighted by Crippen LogP contribution is -1.98. The summed E-state index contributed by atoms with van der Waals surface area (Å²) in [6.45, 7) is 0.294. The first kappa shape index (κ1) is 16.4. The number of benzene rings is 2. The molecule has 6 nitrogen and oxygen atoms in total. The minimum Gasteiger partial charge on any atom is -0.493 e. The van der Waals surface area contributed by atoms with E-state index in [4.69, 9.17) is 42.8 Å². The van der Waals surface area contributed by atoms with E-state index in [1.165, 1.54) is 0 Å². The summed E-state index contributed by atoms with van der Waals surface area (Å²) in [4.78, 5) is 0. The molecule has 0 unspecified atom stereocenters. The minimum atomic E-state index is -0.000840. The van der Waals surface area contributed by atoms with Crippen molar-refractivity contribution in [1.29, 1.82) is 0 Å². The smallest absolute Gasteiger partial charge is 0.313 e. The zero-order valence-corrected chi connectivity index (χ0v) is 14.1. The molecule has 0 aliphatic rings. The van der Waals surface area contributed by atoms with Gasteiger partial charge in [-0.1, -0.05) is 34.4 Å². The third-order valence-electron chi connectivity index (χ3n) is 3.23. The van der Waals surface area contributed by atoms with Crippen molar-refractivity contribution in [3.05, 3.63) is 52.0 Å². The number of nitrogens with zero attached hydrogens (tertiary/aromatic N) is 2. The van der Waals surface area contributed by atoms with Gasteiger partial charge >= 0.3 is 6.01 Å². The molecule has 124 valence electrons. The fourth-order valence-corrected chi connectivity index (χ4v) is 2.38. The van der Waals surface area contributed by atoms with Crippen molar-refractivity contribution in [3.63, 3.8) is 0 Å². The van der Waals surface area contributed by atoms with Crippen LogP contribution in [0.2, 0.25) is 10.0 Å². The predicted molar refractivity (Wildman–Crippen MR) is 91.5 cm³/mol. The van der Waals surface area contributed by atoms with Crippen LogP contribution < -0.4 is 15.2 Å². The Kier molecular flexibility index (Phi) is 4.78. The molecular weight excluding hydrogens is 353 g/mol. The monoisotopic (exact) mass is 365 g/mol. The Bertz CT molecular complexity index is 868. The van der Waals surface area contributed by atoms with Crippen LogP contribution in [-0.4, -0.2) is 17.3 Å². The highest BCUT2D eigenvalue weighted by molar-refractivity contribution is 6.42. The zero-order chi connectivity index (χ0) is 17.1. The number of anilines is 1. The lowest BCUT2D eigenvalue weighted by molar-refractivity contribution is 0.284. The van der Waals surface area contributed by atoms with Crippen LogP contribution in [-0.2, 0) is 6.61 Å². The molecular formula is C16H13Cl2N3O3. The summed E-state index contributed by atoms with van der Waals surface area (Å²) in [5.41, 5.74) is 7.00. The summed E-state index contributed by atoms with van der Waals surface area (Å²) in [5.74, 6) is 1.40. The van der Waals surface area contributed by atoms with Crippen molar-refractivity contribution in [2.75, 3.05) is 12.8 Å². The number of ether oxygens (including phenoxy) is 2. The minimum absolute atomic E-state index is 0.000840. The lowest BCUT2D eigenvalue weighted by Gasteiger charge is -2.12. The number of hydrogen-bond acceptors (Lipinski definition) is 6. The third kappa shape index (κ3) is 3.55. The predicted octanol–water partition coefficient (Wildman–Crippen LogP) is 4.21. The van der Waals surface area contributed by atoms with Gasteiger partial charge in [-0.2, -0.15) is 0 Å². The first-order valence-electron chi connectivity index (χ1n) is 6.91. The van der Waals surface area contributed by atoms with Gasteiger partial charge in [0.05, 0.1) is 17.2 Å². The SMILES string of the molecule is COc1ccc(-c2nnc(N)o2)cc1OCc1ccc(Cl)c(Cl)c1. The van der Waals surface area contributed by atoms with Crippen molar-refractivity contribution in [3.8, 4) is 23.0 Å². The first-order valence-corrected chi connectivity index (χ1v) is 7.66. The summed E-state index contributed by atoms with van der Waals surface area (Å²) in [6, 6.07) is 10.6. The Hall–Kier alpha value is -2.44. The highest BCUT2D eigenvalue weighted by Gasteiger charge is 2.12. The lowest BCUT2D eigenvalue weighted by atomic mass is 10.2. The molecule has 3 rings (SSSR count). The van der Waals surface area contributed by atoms with Gasteiger partial charge in [-0.15, -0.1) is 5.10 Å². The molecule has 1 heterocycles. The van der Waals surface area contributed by atoms with Crippen LogP contribution in [0, 0.1) is 0 Å². The van der Waals surface area contributed by atoms with Crippen LogP contribution in [0.15, 0.2) is 40.8 Å². The molecule has 8 heteroatoms. The molecule has 0 bridgehead atoms. The van der Waals surface area contributed by atoms with Crippen molar-refractivity contribution in [2.24, 2.45) is 0 Å². The van der Waals surface area contributed by atoms with Gasteiger partial charge < -0.3 is 19.6 Å². The molecule has 0 aliphatic heterocycles. The number of aromatic nitrogens is 2. The molecule has 2 N–H and O–H groups in total. The van der Waals surface area contributed by atoms with Gasteiger partial charge in [0.15, 0.2) is 11.5 Å². The van der Waals surface area contributed by atoms with Crippen molar-refractivity contribution >= 4 is 29.2 Å². The maximum absolute atomic E-state index is 6.01. The molecule has 0 amide bonds. The van der Waals surface area contributed by atoms with Crippen molar-refractivity contribution < 1.29 is 13.9 Å². The van der Waals surface area contributed by atoms with Crippen LogP contribution in [0.5, 0.6) is 11.5 Å². The van der Waals surface area contributed by atoms with Gasteiger partial charge in [-0.3, -0.25) is 0 Å². The molecule has 0 atom stereocenters. The number of nitrogens with two attached hydrogens (primary N) is 1. The molecule has 0 saturated carbocycles. The first-order chi connectivity index (χ1) is 11.6. The summed E-state index contributed by atoms with van der Waals surface area (Å²) in [7, 11) is 1.56. The van der Waals surface area contributed by atoms with Crippen molar-refractivity contribution in [2.45, 2.75) is 6.61 Å². The van der Waals surface area contributed by atoms with E-state index >= 15 is 0 Å². The molecule has 0 fully saturated rings. The molecule has 24 heavy (non-hydrogen) atoms. The zero-order valence-electron chi connectivity index (χ0n) is 12.6. The fourth-order valence-electron chi connectivity index (χ4n) is 2.06. The van der Waals surface area contributed by atoms with Gasteiger partial charge in [0.2, 0.25) is 5.89 Å². The van der Waals surface area contributed by atoms with E-state index in [1.54, 1.807) is 37.4 Å². The average Bonchev–Trinajstić information content (AvgIpc) is 3.02. The molecule has 1 aromatic heterocycles. The van der Waals surface area contributed by atoms with Gasteiger partial charge in [-0.25, -0.2) is 0 Å². The Balaban J connectivity index is 1.84. The Labute approximate surface area is 148 Å². The van der Waals surface area contributed by atoms with Gasteiger partial charge in [0.25, 0.3) is 0 Å². The van der Waals surface area contributed by atoms with E-state index in [-0.39, 0.29) is 6.01 Å². The van der Waals surface area contributed by atoms with Crippen LogP contribution in [0.3, 0.4) is 0 Å². The maximum atomic E-state index is 6.01. The van der Waals surface area contributed by atoms with E-state index < -0.39 is 0 Å². The van der Waals surface area contributed by atoms with Gasteiger partial charge in [-0.05, 0) is 35.9 Å². The van der Waals surface area contributed by atoms with Crippen LogP contribution >= 0.6 is 23.2 Å². The molecule has 0 radical (unpaired) electrons. The highest BCUT2D eigenvalue weighted by Crippen LogP contribution is 2.33. The maximum Gasteiger partial charge on any atom is 0.313 e. The fraction of sp³-hybridized carbons (Fsp3) is 0.125. The third-order valence-corrected chi connectivity index (χ3v) is 3.97. The van der Waals surface area contributed by atoms with E-state index in [9.17, 15) is 0 Å². The second kappa shape index (κ2) is 6.98. The quantitative estimate of drug-likeness (QED) is 0.728. The average molecular weight is 366 g/mol. The van der Waals surface area contributed by atoms with E-state index in [0.29, 0.717) is 39.6 Å². The largest absolute Gasteiger partial charge is 0.493 e. The number of methoxy groups -OCH3 is 1. The molecule has 3 aromatic rings. The number of rotatable bonds is 5. The normalized spacial score (nSPS) is 10.6. The number of nitrogen functional groups attached to an aromatic ring is 1. The van der Waals surface area contributed by atoms with E-state index in [2.05, 4.69) is 10.2 Å². The molecule has 2 aromatic carbocycles. The second-order valence-corrected chi connectivity index (χ2v) is 5.66. The summed E-state index contributed by atoms with van der Waals surface area (Å²) in [6.07, 6.45) is 0. The van der Waals surface area contributed by atoms with Crippen LogP contribution in [0.4, 0.5) is 6.01 Å². The summed E-state index contributed by atoms with van der Waals surface area (Å²) in [5, 5.41) is 8.46. The standard InChI is InChI=1S/C16H13Cl2N3O3/c1-22-13-5-3-10(15-20-21-16(19)24-15)7-14(13)23-8-9-2-4-11(17)12(18)6-9/h2-7H,8H2,1H3,(H2,19,21). The van der Waals surface area contributed by atoms with E-state index in [1.807, 2.05) is 6.07 Å². The Morgan fingerprint density at radius 1 is 1.04 bits per heavy atom. The summed E-state index contributed by atoms with van der Waals surface area (Å²) < 4.78 is 16.4. The van der Waals surface area contributed by atoms with Crippen LogP contribution in [0.1, 0.15) is 5.56 Å². The second-order valence-electron chi connectivity index (χ2n) is 4.85. The molecule has 0 spiro atoms. The highest BCUT2D eigenvalue weighted by atomic mass is 35.5. The summed E-state index contributed by atoms with van der Waals surface area (Å²) >= 11 is 11.9. The number of hydrogen-bond donors (Lipinski definition) is 1. The van der Waals surface area contributed by atoms with E-state index in [0.717, 1.165) is 5.56 Å². The Morgan fingerprint density at radius 2 is 1.88 bits per heavy atom. The molecule has 0 saturated heterocycles. The molecule has 0 aliphatic carbocycles.